The average molecular weight is 309 g/mol. The molecular formula is C18H19N3O2. The summed E-state index contributed by atoms with van der Waals surface area (Å²) in [5.41, 5.74) is 1.64. The monoisotopic (exact) mass is 309 g/mol. The van der Waals surface area contributed by atoms with Crippen LogP contribution in [-0.4, -0.2) is 41.0 Å². The molecule has 3 aliphatic heterocycles. The van der Waals surface area contributed by atoms with Crippen LogP contribution in [0.2, 0.25) is 0 Å². The van der Waals surface area contributed by atoms with Gasteiger partial charge in [-0.1, -0.05) is 5.92 Å². The van der Waals surface area contributed by atoms with E-state index in [9.17, 15) is 4.79 Å². The first kappa shape index (κ1) is 14.3. The van der Waals surface area contributed by atoms with Crippen LogP contribution in [-0.2, 0) is 0 Å². The van der Waals surface area contributed by atoms with Gasteiger partial charge in [-0.2, -0.15) is 0 Å². The van der Waals surface area contributed by atoms with Crippen LogP contribution in [0.5, 0.6) is 0 Å². The Kier molecular flexibility index (Phi) is 3.35. The first-order valence-corrected chi connectivity index (χ1v) is 8.06. The first-order valence-electron chi connectivity index (χ1n) is 8.06. The second kappa shape index (κ2) is 5.39. The maximum atomic E-state index is 12.6. The second-order valence-corrected chi connectivity index (χ2v) is 6.47. The molecule has 0 spiro atoms. The third kappa shape index (κ3) is 2.30. The summed E-state index contributed by atoms with van der Waals surface area (Å²) < 4.78 is 5.34. The Morgan fingerprint density at radius 2 is 2.26 bits per heavy atom. The normalized spacial score (nSPS) is 29.4. The molecule has 2 aromatic rings. The standard InChI is InChI=1S/C18H19N3O2/c1-3-12-10-23-16-9-19-15(8-14(12)16)18(22)20-17-11(2)21-6-4-13(17)5-7-21/h1,8-11,13,17H,4-7H2,2H3,(H,20,22)/t11-,17-/m0/s1. The molecule has 0 saturated carbocycles. The molecule has 5 heterocycles. The zero-order valence-corrected chi connectivity index (χ0v) is 13.1. The lowest BCUT2D eigenvalue weighted by Gasteiger charge is -2.49. The van der Waals surface area contributed by atoms with Gasteiger partial charge in [-0.05, 0) is 44.8 Å². The Morgan fingerprint density at radius 3 is 2.96 bits per heavy atom. The molecule has 5 nitrogen and oxygen atoms in total. The lowest BCUT2D eigenvalue weighted by Crippen LogP contribution is -2.62. The lowest BCUT2D eigenvalue weighted by molar-refractivity contribution is 0.0216. The van der Waals surface area contributed by atoms with E-state index in [1.54, 1.807) is 12.3 Å². The van der Waals surface area contributed by atoms with Crippen LogP contribution in [0, 0.1) is 18.3 Å². The molecule has 3 aliphatic rings. The zero-order chi connectivity index (χ0) is 16.0. The Hall–Kier alpha value is -2.32. The summed E-state index contributed by atoms with van der Waals surface area (Å²) in [5.74, 6) is 3.00. The van der Waals surface area contributed by atoms with Crippen molar-refractivity contribution in [2.45, 2.75) is 31.8 Å². The largest absolute Gasteiger partial charge is 0.461 e. The first-order chi connectivity index (χ1) is 11.2. The average Bonchev–Trinajstić information content (AvgIpc) is 3.00. The van der Waals surface area contributed by atoms with Crippen LogP contribution in [0.15, 0.2) is 22.9 Å². The van der Waals surface area contributed by atoms with Crippen molar-refractivity contribution in [3.05, 3.63) is 29.8 Å². The summed E-state index contributed by atoms with van der Waals surface area (Å²) >= 11 is 0. The van der Waals surface area contributed by atoms with Crippen molar-refractivity contribution in [1.82, 2.24) is 15.2 Å². The molecule has 0 aliphatic carbocycles. The summed E-state index contributed by atoms with van der Waals surface area (Å²) in [6, 6.07) is 2.29. The number of aromatic nitrogens is 1. The number of furan rings is 1. The minimum atomic E-state index is -0.137. The van der Waals surface area contributed by atoms with Crippen molar-refractivity contribution < 1.29 is 9.21 Å². The van der Waals surface area contributed by atoms with Gasteiger partial charge in [0, 0.05) is 17.5 Å². The van der Waals surface area contributed by atoms with Gasteiger partial charge < -0.3 is 9.73 Å². The summed E-state index contributed by atoms with van der Waals surface area (Å²) in [4.78, 5) is 19.3. The Labute approximate surface area is 135 Å². The van der Waals surface area contributed by atoms with Crippen molar-refractivity contribution in [3.8, 4) is 12.3 Å². The summed E-state index contributed by atoms with van der Waals surface area (Å²) in [7, 11) is 0. The van der Waals surface area contributed by atoms with Crippen molar-refractivity contribution in [3.63, 3.8) is 0 Å². The van der Waals surface area contributed by atoms with Crippen LogP contribution in [0.4, 0.5) is 0 Å². The molecule has 2 atom stereocenters. The minimum Gasteiger partial charge on any atom is -0.461 e. The van der Waals surface area contributed by atoms with E-state index in [1.807, 2.05) is 0 Å². The number of nitrogens with one attached hydrogen (secondary N) is 1. The number of pyridine rings is 1. The van der Waals surface area contributed by atoms with E-state index in [0.717, 1.165) is 31.3 Å². The number of piperidine rings is 3. The van der Waals surface area contributed by atoms with E-state index in [2.05, 4.69) is 28.0 Å². The maximum absolute atomic E-state index is 12.6. The predicted octanol–water partition coefficient (Wildman–Crippen LogP) is 2.02. The van der Waals surface area contributed by atoms with Gasteiger partial charge in [0.25, 0.3) is 5.91 Å². The van der Waals surface area contributed by atoms with E-state index in [4.69, 9.17) is 10.8 Å². The predicted molar refractivity (Wildman–Crippen MR) is 87.0 cm³/mol. The fourth-order valence-electron chi connectivity index (χ4n) is 3.94. The number of hydrogen-bond donors (Lipinski definition) is 1. The second-order valence-electron chi connectivity index (χ2n) is 6.47. The number of carbonyl (C=O) groups excluding carboxylic acids is 1. The number of hydrogen-bond acceptors (Lipinski definition) is 4. The third-order valence-corrected chi connectivity index (χ3v) is 5.32. The molecule has 2 bridgehead atoms. The van der Waals surface area contributed by atoms with Gasteiger partial charge >= 0.3 is 0 Å². The molecule has 0 unspecified atom stereocenters. The van der Waals surface area contributed by atoms with Gasteiger partial charge in [0.1, 0.15) is 12.0 Å². The summed E-state index contributed by atoms with van der Waals surface area (Å²) in [6.45, 7) is 4.48. The number of terminal acetylenes is 1. The quantitative estimate of drug-likeness (QED) is 0.862. The van der Waals surface area contributed by atoms with E-state index < -0.39 is 0 Å². The highest BCUT2D eigenvalue weighted by Gasteiger charge is 2.40. The summed E-state index contributed by atoms with van der Waals surface area (Å²) in [6.07, 6.45) is 10.9. The lowest BCUT2D eigenvalue weighted by atomic mass is 9.79. The molecule has 23 heavy (non-hydrogen) atoms. The van der Waals surface area contributed by atoms with Gasteiger partial charge in [0.2, 0.25) is 0 Å². The fraction of sp³-hybridized carbons (Fsp3) is 0.444. The molecule has 3 saturated heterocycles. The highest BCUT2D eigenvalue weighted by Crippen LogP contribution is 2.32. The number of fused-ring (bicyclic) bond motifs is 4. The summed E-state index contributed by atoms with van der Waals surface area (Å²) in [5, 5.41) is 3.94. The molecule has 3 fully saturated rings. The van der Waals surface area contributed by atoms with Crippen molar-refractivity contribution in [2.24, 2.45) is 5.92 Å². The minimum absolute atomic E-state index is 0.137. The molecule has 0 aromatic carbocycles. The Balaban J connectivity index is 1.58. The van der Waals surface area contributed by atoms with E-state index in [-0.39, 0.29) is 11.9 Å². The van der Waals surface area contributed by atoms with Gasteiger partial charge in [0.15, 0.2) is 5.58 Å². The van der Waals surface area contributed by atoms with Crippen molar-refractivity contribution in [1.29, 1.82) is 0 Å². The van der Waals surface area contributed by atoms with Crippen LogP contribution < -0.4 is 5.32 Å². The molecule has 1 amide bonds. The van der Waals surface area contributed by atoms with Crippen molar-refractivity contribution in [2.75, 3.05) is 13.1 Å². The maximum Gasteiger partial charge on any atom is 0.270 e. The molecule has 2 aromatic heterocycles. The molecule has 118 valence electrons. The van der Waals surface area contributed by atoms with Gasteiger partial charge in [-0.3, -0.25) is 9.69 Å². The SMILES string of the molecule is C#Cc1coc2cnc(C(=O)N[C@@H]3C4CCN(CC4)[C@H]3C)cc12. The highest BCUT2D eigenvalue weighted by molar-refractivity contribution is 5.96. The number of carbonyl (C=O) groups is 1. The highest BCUT2D eigenvalue weighted by atomic mass is 16.3. The number of rotatable bonds is 2. The van der Waals surface area contributed by atoms with Gasteiger partial charge in [0.05, 0.1) is 11.8 Å². The van der Waals surface area contributed by atoms with Crippen LogP contribution >= 0.6 is 0 Å². The molecule has 5 heteroatoms. The smallest absolute Gasteiger partial charge is 0.270 e. The van der Waals surface area contributed by atoms with Crippen molar-refractivity contribution >= 4 is 16.9 Å². The Bertz CT molecular complexity index is 794. The van der Waals surface area contributed by atoms with Gasteiger partial charge in [-0.15, -0.1) is 6.42 Å². The van der Waals surface area contributed by atoms with Crippen LogP contribution in [0.25, 0.3) is 11.0 Å². The number of nitrogens with zero attached hydrogens (tertiary/aromatic N) is 2. The zero-order valence-electron chi connectivity index (χ0n) is 13.1. The van der Waals surface area contributed by atoms with Gasteiger partial charge in [-0.25, -0.2) is 4.98 Å². The van der Waals surface area contributed by atoms with Crippen LogP contribution in [0.3, 0.4) is 0 Å². The molecular weight excluding hydrogens is 290 g/mol. The van der Waals surface area contributed by atoms with E-state index >= 15 is 0 Å². The fourth-order valence-corrected chi connectivity index (χ4v) is 3.94. The van der Waals surface area contributed by atoms with Crippen LogP contribution in [0.1, 0.15) is 35.8 Å². The number of amides is 1. The molecule has 0 radical (unpaired) electrons. The van der Waals surface area contributed by atoms with E-state index in [0.29, 0.717) is 28.8 Å². The topological polar surface area (TPSA) is 58.4 Å². The molecule has 1 N–H and O–H groups in total. The Morgan fingerprint density at radius 1 is 1.48 bits per heavy atom. The molecule has 5 rings (SSSR count). The third-order valence-electron chi connectivity index (χ3n) is 5.32. The van der Waals surface area contributed by atoms with E-state index in [1.165, 1.54) is 6.26 Å².